The number of halogens is 1. The zero-order chi connectivity index (χ0) is 8.39. The van der Waals surface area contributed by atoms with Crippen LogP contribution in [-0.2, 0) is 16.3 Å². The third-order valence-corrected chi connectivity index (χ3v) is 11.3. The average molecular weight is 349 g/mol. The Balaban J connectivity index is 2.04. The molecule has 0 bridgehead atoms. The Labute approximate surface area is 82.8 Å². The van der Waals surface area contributed by atoms with E-state index in [0.29, 0.717) is 8.62 Å². The molecular formula is C10H10ClW. The maximum atomic E-state index is 6.48. The fourth-order valence-corrected chi connectivity index (χ4v) is 8.01. The zero-order valence-electron chi connectivity index (χ0n) is 6.56. The van der Waals surface area contributed by atoms with Crippen molar-refractivity contribution in [1.29, 1.82) is 0 Å². The molecule has 0 fully saturated rings. The summed E-state index contributed by atoms with van der Waals surface area (Å²) in [5.74, 6) is 0. The van der Waals surface area contributed by atoms with E-state index in [1.54, 1.807) is 0 Å². The third kappa shape index (κ3) is 1.65. The van der Waals surface area contributed by atoms with Crippen molar-refractivity contribution < 1.29 is 16.3 Å². The zero-order valence-corrected chi connectivity index (χ0v) is 10.2. The Morgan fingerprint density at radius 2 is 1.08 bits per heavy atom. The minimum absolute atomic E-state index is 0.601. The molecule has 0 nitrogen and oxygen atoms in total. The van der Waals surface area contributed by atoms with Gasteiger partial charge in [-0.2, -0.15) is 0 Å². The third-order valence-electron chi connectivity index (χ3n) is 1.95. The Morgan fingerprint density at radius 1 is 0.750 bits per heavy atom. The van der Waals surface area contributed by atoms with Crippen molar-refractivity contribution in [2.24, 2.45) is 0 Å². The SMILES string of the molecule is [Cl][W]([CH]1C=CC=C1)[CH]1C=CC=C1. The molecule has 63 valence electrons. The fraction of sp³-hybridized carbons (Fsp3) is 0.200. The average Bonchev–Trinajstić information content (AvgIpc) is 2.77. The van der Waals surface area contributed by atoms with Crippen LogP contribution < -0.4 is 0 Å². The van der Waals surface area contributed by atoms with Crippen LogP contribution in [0.1, 0.15) is 0 Å². The monoisotopic (exact) mass is 349 g/mol. The van der Waals surface area contributed by atoms with Crippen molar-refractivity contribution >= 4 is 9.42 Å². The predicted molar refractivity (Wildman–Crippen MR) is 49.9 cm³/mol. The molecule has 2 aliphatic carbocycles. The number of hydrogen-bond acceptors (Lipinski definition) is 0. The Kier molecular flexibility index (Phi) is 2.68. The van der Waals surface area contributed by atoms with Crippen LogP contribution in [0.25, 0.3) is 0 Å². The topological polar surface area (TPSA) is 0 Å². The molecule has 0 N–H and O–H groups in total. The van der Waals surface area contributed by atoms with E-state index in [1.165, 1.54) is 0 Å². The summed E-state index contributed by atoms with van der Waals surface area (Å²) in [6.07, 6.45) is 17.4. The molecule has 0 aromatic carbocycles. The minimum atomic E-state index is -1.73. The first-order chi connectivity index (χ1) is 5.88. The predicted octanol–water partition coefficient (Wildman–Crippen LogP) is 3.59. The summed E-state index contributed by atoms with van der Waals surface area (Å²) in [5, 5.41) is 0. The molecule has 0 amide bonds. The van der Waals surface area contributed by atoms with Gasteiger partial charge in [-0.15, -0.1) is 0 Å². The normalized spacial score (nSPS) is 22.2. The van der Waals surface area contributed by atoms with E-state index < -0.39 is 16.3 Å². The molecule has 0 atom stereocenters. The Morgan fingerprint density at radius 3 is 1.42 bits per heavy atom. The molecule has 0 saturated carbocycles. The van der Waals surface area contributed by atoms with Gasteiger partial charge in [0.2, 0.25) is 0 Å². The number of allylic oxidation sites excluding steroid dienone is 8. The fourth-order valence-electron chi connectivity index (χ4n) is 1.30. The van der Waals surface area contributed by atoms with Gasteiger partial charge in [-0.1, -0.05) is 0 Å². The van der Waals surface area contributed by atoms with Crippen LogP contribution in [0, 0.1) is 0 Å². The molecule has 0 unspecified atom stereocenters. The van der Waals surface area contributed by atoms with Gasteiger partial charge in [0.25, 0.3) is 0 Å². The van der Waals surface area contributed by atoms with Crippen LogP contribution in [0.4, 0.5) is 0 Å². The van der Waals surface area contributed by atoms with E-state index in [1.807, 2.05) is 0 Å². The van der Waals surface area contributed by atoms with Gasteiger partial charge < -0.3 is 0 Å². The molecule has 2 rings (SSSR count). The second kappa shape index (κ2) is 3.77. The summed E-state index contributed by atoms with van der Waals surface area (Å²) in [5.41, 5.74) is 0. The summed E-state index contributed by atoms with van der Waals surface area (Å²) in [6, 6.07) is 0. The molecule has 0 aromatic rings. The van der Waals surface area contributed by atoms with Crippen molar-refractivity contribution in [3.8, 4) is 0 Å². The number of hydrogen-bond donors (Lipinski definition) is 0. The molecule has 0 aromatic heterocycles. The van der Waals surface area contributed by atoms with Gasteiger partial charge in [-0.3, -0.25) is 0 Å². The summed E-state index contributed by atoms with van der Waals surface area (Å²) in [4.78, 5) is 0. The van der Waals surface area contributed by atoms with Crippen molar-refractivity contribution in [2.45, 2.75) is 8.62 Å². The summed E-state index contributed by atoms with van der Waals surface area (Å²) >= 11 is -1.73. The van der Waals surface area contributed by atoms with E-state index in [-0.39, 0.29) is 0 Å². The molecule has 0 heterocycles. The van der Waals surface area contributed by atoms with Gasteiger partial charge in [-0.25, -0.2) is 0 Å². The van der Waals surface area contributed by atoms with E-state index in [0.717, 1.165) is 0 Å². The Bertz CT molecular complexity index is 224. The first-order valence-corrected chi connectivity index (χ1v) is 11.0. The summed E-state index contributed by atoms with van der Waals surface area (Å²) in [6.45, 7) is 0. The van der Waals surface area contributed by atoms with Crippen LogP contribution in [0.15, 0.2) is 48.6 Å². The van der Waals surface area contributed by atoms with E-state index in [9.17, 15) is 0 Å². The Hall–Kier alpha value is -0.0617. The maximum absolute atomic E-state index is 6.48. The van der Waals surface area contributed by atoms with Gasteiger partial charge in [0.1, 0.15) is 0 Å². The van der Waals surface area contributed by atoms with Crippen molar-refractivity contribution in [3.05, 3.63) is 48.6 Å². The van der Waals surface area contributed by atoms with Crippen LogP contribution in [0.5, 0.6) is 0 Å². The molecule has 0 aliphatic heterocycles. The van der Waals surface area contributed by atoms with Crippen LogP contribution in [0.2, 0.25) is 8.62 Å². The van der Waals surface area contributed by atoms with Crippen molar-refractivity contribution in [2.75, 3.05) is 0 Å². The van der Waals surface area contributed by atoms with Gasteiger partial charge in [-0.05, 0) is 0 Å². The van der Waals surface area contributed by atoms with Crippen LogP contribution >= 0.6 is 9.42 Å². The van der Waals surface area contributed by atoms with Crippen LogP contribution in [-0.4, -0.2) is 0 Å². The standard InChI is InChI=1S/2C5H5.ClH.W/c2*1-2-4-5-3-1;;/h2*1-5H;1H;/q;;;+1/p-1. The van der Waals surface area contributed by atoms with Gasteiger partial charge >= 0.3 is 82.9 Å². The summed E-state index contributed by atoms with van der Waals surface area (Å²) < 4.78 is 1.20. The second-order valence-electron chi connectivity index (χ2n) is 2.78. The van der Waals surface area contributed by atoms with E-state index in [2.05, 4.69) is 48.6 Å². The quantitative estimate of drug-likeness (QED) is 0.715. The van der Waals surface area contributed by atoms with Gasteiger partial charge in [0, 0.05) is 0 Å². The molecule has 12 heavy (non-hydrogen) atoms. The van der Waals surface area contributed by atoms with Gasteiger partial charge in [0.05, 0.1) is 0 Å². The van der Waals surface area contributed by atoms with Crippen molar-refractivity contribution in [1.82, 2.24) is 0 Å². The van der Waals surface area contributed by atoms with E-state index in [4.69, 9.17) is 9.42 Å². The molecule has 0 saturated heterocycles. The summed E-state index contributed by atoms with van der Waals surface area (Å²) in [7, 11) is 6.48. The molecular weight excluding hydrogens is 339 g/mol. The molecule has 2 aliphatic rings. The molecule has 2 heteroatoms. The molecule has 0 radical (unpaired) electrons. The first kappa shape index (κ1) is 8.53. The van der Waals surface area contributed by atoms with Crippen LogP contribution in [0.3, 0.4) is 0 Å². The van der Waals surface area contributed by atoms with Crippen molar-refractivity contribution in [3.63, 3.8) is 0 Å². The van der Waals surface area contributed by atoms with Gasteiger partial charge in [0.15, 0.2) is 0 Å². The number of rotatable bonds is 2. The van der Waals surface area contributed by atoms with E-state index >= 15 is 0 Å². The first-order valence-electron chi connectivity index (χ1n) is 3.96. The molecule has 0 spiro atoms. The second-order valence-corrected chi connectivity index (χ2v) is 11.9.